The number of carboxylic acids is 1. The minimum absolute atomic E-state index is 0.0156. The van der Waals surface area contributed by atoms with Crippen molar-refractivity contribution in [3.05, 3.63) is 35.4 Å². The van der Waals surface area contributed by atoms with E-state index in [0.717, 1.165) is 5.56 Å². The van der Waals surface area contributed by atoms with E-state index in [0.29, 0.717) is 31.4 Å². The summed E-state index contributed by atoms with van der Waals surface area (Å²) in [5, 5.41) is 11.8. The zero-order valence-electron chi connectivity index (χ0n) is 12.1. The molecule has 6 nitrogen and oxygen atoms in total. The molecule has 0 spiro atoms. The summed E-state index contributed by atoms with van der Waals surface area (Å²) in [5.41, 5.74) is 1.59. The Balaban J connectivity index is 1.54. The van der Waals surface area contributed by atoms with Crippen LogP contribution in [0.15, 0.2) is 24.3 Å². The lowest BCUT2D eigenvalue weighted by molar-refractivity contribution is -0.141. The number of nitrogens with zero attached hydrogens (tertiary/aromatic N) is 1. The third kappa shape index (κ3) is 2.81. The second-order valence-corrected chi connectivity index (χ2v) is 5.93. The molecule has 2 atom stereocenters. The normalized spacial score (nSPS) is 23.5. The van der Waals surface area contributed by atoms with Crippen LogP contribution in [0, 0.1) is 5.92 Å². The standard InChI is InChI=1S/C16H18N2O4/c19-14(17-12-6-5-10(7-12)16(21)22)9-18-8-11-3-1-2-4-13(11)15(18)20/h1-4,10,12H,5-9H2,(H,17,19)(H,21,22)/t10-,12+/m1/s1. The van der Waals surface area contributed by atoms with Gasteiger partial charge in [-0.25, -0.2) is 0 Å². The van der Waals surface area contributed by atoms with Gasteiger partial charge in [0.05, 0.1) is 5.92 Å². The van der Waals surface area contributed by atoms with Crippen LogP contribution in [-0.4, -0.2) is 40.4 Å². The maximum Gasteiger partial charge on any atom is 0.306 e. The fraction of sp³-hybridized carbons (Fsp3) is 0.438. The summed E-state index contributed by atoms with van der Waals surface area (Å²) >= 11 is 0. The molecule has 22 heavy (non-hydrogen) atoms. The number of hydrogen-bond acceptors (Lipinski definition) is 3. The van der Waals surface area contributed by atoms with Crippen LogP contribution in [0.2, 0.25) is 0 Å². The van der Waals surface area contributed by atoms with E-state index >= 15 is 0 Å². The zero-order chi connectivity index (χ0) is 15.7. The molecule has 1 aromatic rings. The average Bonchev–Trinajstić information content (AvgIpc) is 3.06. The van der Waals surface area contributed by atoms with E-state index in [-0.39, 0.29) is 30.3 Å². The Kier molecular flexibility index (Phi) is 3.83. The molecule has 1 saturated carbocycles. The molecule has 0 bridgehead atoms. The van der Waals surface area contributed by atoms with Crippen molar-refractivity contribution in [1.82, 2.24) is 10.2 Å². The third-order valence-corrected chi connectivity index (χ3v) is 4.38. The lowest BCUT2D eigenvalue weighted by atomic mass is 10.1. The van der Waals surface area contributed by atoms with E-state index in [1.54, 1.807) is 6.07 Å². The van der Waals surface area contributed by atoms with Crippen LogP contribution in [0.3, 0.4) is 0 Å². The first kappa shape index (κ1) is 14.6. The Hall–Kier alpha value is -2.37. The van der Waals surface area contributed by atoms with Gasteiger partial charge in [-0.2, -0.15) is 0 Å². The molecule has 116 valence electrons. The molecule has 3 rings (SSSR count). The van der Waals surface area contributed by atoms with Gasteiger partial charge < -0.3 is 15.3 Å². The zero-order valence-corrected chi connectivity index (χ0v) is 12.1. The van der Waals surface area contributed by atoms with Crippen LogP contribution in [0.1, 0.15) is 35.2 Å². The highest BCUT2D eigenvalue weighted by Gasteiger charge is 2.32. The molecule has 0 aromatic heterocycles. The fourth-order valence-corrected chi connectivity index (χ4v) is 3.23. The van der Waals surface area contributed by atoms with E-state index in [1.807, 2.05) is 18.2 Å². The number of carbonyl (C=O) groups excluding carboxylic acids is 2. The molecule has 1 aliphatic heterocycles. The summed E-state index contributed by atoms with van der Waals surface area (Å²) < 4.78 is 0. The van der Waals surface area contributed by atoms with Crippen LogP contribution in [0.5, 0.6) is 0 Å². The van der Waals surface area contributed by atoms with Gasteiger partial charge in [-0.15, -0.1) is 0 Å². The Labute approximate surface area is 128 Å². The van der Waals surface area contributed by atoms with Gasteiger partial charge in [0.2, 0.25) is 5.91 Å². The quantitative estimate of drug-likeness (QED) is 0.869. The Morgan fingerprint density at radius 3 is 2.73 bits per heavy atom. The number of rotatable bonds is 4. The first-order valence-electron chi connectivity index (χ1n) is 7.44. The van der Waals surface area contributed by atoms with Gasteiger partial charge in [-0.3, -0.25) is 14.4 Å². The summed E-state index contributed by atoms with van der Waals surface area (Å²) in [5.74, 6) is -1.53. The number of carboxylic acid groups (broad SMARTS) is 1. The molecule has 1 aromatic carbocycles. The fourth-order valence-electron chi connectivity index (χ4n) is 3.23. The summed E-state index contributed by atoms with van der Waals surface area (Å²) in [6.45, 7) is 0.465. The van der Waals surface area contributed by atoms with E-state index in [1.165, 1.54) is 4.90 Å². The highest BCUT2D eigenvalue weighted by molar-refractivity contribution is 6.00. The maximum absolute atomic E-state index is 12.2. The Bertz CT molecular complexity index is 628. The second-order valence-electron chi connectivity index (χ2n) is 5.93. The van der Waals surface area contributed by atoms with Gasteiger partial charge in [0.1, 0.15) is 6.54 Å². The summed E-state index contributed by atoms with van der Waals surface area (Å²) in [6.07, 6.45) is 1.74. The Morgan fingerprint density at radius 2 is 2.05 bits per heavy atom. The minimum atomic E-state index is -0.804. The molecular formula is C16H18N2O4. The number of fused-ring (bicyclic) bond motifs is 1. The highest BCUT2D eigenvalue weighted by atomic mass is 16.4. The molecule has 6 heteroatoms. The average molecular weight is 302 g/mol. The summed E-state index contributed by atoms with van der Waals surface area (Å²) in [7, 11) is 0. The molecule has 2 N–H and O–H groups in total. The number of hydrogen-bond donors (Lipinski definition) is 2. The van der Waals surface area contributed by atoms with Crippen molar-refractivity contribution >= 4 is 17.8 Å². The van der Waals surface area contributed by atoms with E-state index in [4.69, 9.17) is 5.11 Å². The number of nitrogens with one attached hydrogen (secondary N) is 1. The predicted molar refractivity (Wildman–Crippen MR) is 78.1 cm³/mol. The largest absolute Gasteiger partial charge is 0.481 e. The summed E-state index contributed by atoms with van der Waals surface area (Å²) in [4.78, 5) is 36.7. The maximum atomic E-state index is 12.2. The van der Waals surface area contributed by atoms with Crippen molar-refractivity contribution in [3.8, 4) is 0 Å². The van der Waals surface area contributed by atoms with Gasteiger partial charge in [0.15, 0.2) is 0 Å². The van der Waals surface area contributed by atoms with Crippen molar-refractivity contribution in [3.63, 3.8) is 0 Å². The van der Waals surface area contributed by atoms with E-state index in [9.17, 15) is 14.4 Å². The highest BCUT2D eigenvalue weighted by Crippen LogP contribution is 2.26. The number of carbonyl (C=O) groups is 3. The van der Waals surface area contributed by atoms with Crippen molar-refractivity contribution in [2.75, 3.05) is 6.54 Å². The van der Waals surface area contributed by atoms with Crippen LogP contribution >= 0.6 is 0 Å². The molecule has 0 radical (unpaired) electrons. The minimum Gasteiger partial charge on any atom is -0.481 e. The molecule has 0 saturated heterocycles. The monoisotopic (exact) mass is 302 g/mol. The molecule has 0 unspecified atom stereocenters. The molecule has 2 amide bonds. The van der Waals surface area contributed by atoms with Crippen LogP contribution in [0.25, 0.3) is 0 Å². The molecule has 1 fully saturated rings. The predicted octanol–water partition coefficient (Wildman–Crippen LogP) is 1.01. The first-order valence-corrected chi connectivity index (χ1v) is 7.44. The van der Waals surface area contributed by atoms with Crippen molar-refractivity contribution in [2.24, 2.45) is 5.92 Å². The van der Waals surface area contributed by atoms with Crippen LogP contribution in [-0.2, 0) is 16.1 Å². The van der Waals surface area contributed by atoms with Crippen LogP contribution < -0.4 is 5.32 Å². The van der Waals surface area contributed by atoms with Crippen molar-refractivity contribution < 1.29 is 19.5 Å². The molecular weight excluding hydrogens is 284 g/mol. The van der Waals surface area contributed by atoms with Gasteiger partial charge in [0, 0.05) is 18.2 Å². The van der Waals surface area contributed by atoms with Crippen molar-refractivity contribution in [1.29, 1.82) is 0 Å². The SMILES string of the molecule is O=C(CN1Cc2ccccc2C1=O)N[C@H]1CC[C@@H](C(=O)O)C1. The molecule has 1 aliphatic carbocycles. The van der Waals surface area contributed by atoms with Crippen LogP contribution in [0.4, 0.5) is 0 Å². The topological polar surface area (TPSA) is 86.7 Å². The summed E-state index contributed by atoms with van der Waals surface area (Å²) in [6, 6.07) is 7.24. The lowest BCUT2D eigenvalue weighted by Crippen LogP contribution is -2.41. The third-order valence-electron chi connectivity index (χ3n) is 4.38. The lowest BCUT2D eigenvalue weighted by Gasteiger charge is -2.18. The molecule has 1 heterocycles. The Morgan fingerprint density at radius 1 is 1.27 bits per heavy atom. The van der Waals surface area contributed by atoms with E-state index in [2.05, 4.69) is 5.32 Å². The number of benzene rings is 1. The number of aliphatic carboxylic acids is 1. The van der Waals surface area contributed by atoms with E-state index < -0.39 is 5.97 Å². The van der Waals surface area contributed by atoms with Gasteiger partial charge in [-0.05, 0) is 30.9 Å². The van der Waals surface area contributed by atoms with Gasteiger partial charge in [0.25, 0.3) is 5.91 Å². The van der Waals surface area contributed by atoms with Gasteiger partial charge in [-0.1, -0.05) is 18.2 Å². The second kappa shape index (κ2) is 5.79. The number of amides is 2. The van der Waals surface area contributed by atoms with Gasteiger partial charge >= 0.3 is 5.97 Å². The first-order chi connectivity index (χ1) is 10.5. The smallest absolute Gasteiger partial charge is 0.306 e. The van der Waals surface area contributed by atoms with Crippen molar-refractivity contribution in [2.45, 2.75) is 31.8 Å². The molecule has 2 aliphatic rings.